The summed E-state index contributed by atoms with van der Waals surface area (Å²) < 4.78 is 33.5. The molecule has 0 saturated carbocycles. The normalized spacial score (nSPS) is 25.3. The van der Waals surface area contributed by atoms with Crippen LogP contribution in [-0.2, 0) is 4.74 Å². The second-order valence-electron chi connectivity index (χ2n) is 5.91. The Balaban J connectivity index is 1.76. The van der Waals surface area contributed by atoms with Gasteiger partial charge in [-0.1, -0.05) is 0 Å². The van der Waals surface area contributed by atoms with E-state index in [1.54, 1.807) is 6.07 Å². The number of nitrogens with one attached hydrogen (secondary N) is 1. The number of hydrogen-bond acceptors (Lipinski definition) is 5. The second kappa shape index (κ2) is 7.04. The van der Waals surface area contributed by atoms with Crippen molar-refractivity contribution in [3.05, 3.63) is 29.3 Å². The maximum Gasteiger partial charge on any atom is 0.150 e. The van der Waals surface area contributed by atoms with E-state index >= 15 is 0 Å². The van der Waals surface area contributed by atoms with Crippen LogP contribution >= 0.6 is 11.8 Å². The SMILES string of the molecule is N#Cc1cc(F)c(NC[C@]2(N3CCOCC3)CCSC2)c(F)c1. The maximum absolute atomic E-state index is 14.0. The van der Waals surface area contributed by atoms with E-state index in [1.165, 1.54) is 0 Å². The van der Waals surface area contributed by atoms with Gasteiger partial charge in [0.15, 0.2) is 11.6 Å². The number of anilines is 1. The van der Waals surface area contributed by atoms with Gasteiger partial charge in [-0.15, -0.1) is 0 Å². The van der Waals surface area contributed by atoms with E-state index in [-0.39, 0.29) is 16.8 Å². The number of nitrogens with zero attached hydrogens (tertiary/aromatic N) is 2. The van der Waals surface area contributed by atoms with Gasteiger partial charge >= 0.3 is 0 Å². The van der Waals surface area contributed by atoms with Crippen LogP contribution in [-0.4, -0.2) is 54.8 Å². The molecule has 3 rings (SSSR count). The molecule has 23 heavy (non-hydrogen) atoms. The molecule has 2 aliphatic rings. The Bertz CT molecular complexity index is 585. The fourth-order valence-electron chi connectivity index (χ4n) is 3.19. The van der Waals surface area contributed by atoms with Crippen LogP contribution in [0, 0.1) is 23.0 Å². The number of thioether (sulfide) groups is 1. The van der Waals surface area contributed by atoms with Crippen LogP contribution in [0.1, 0.15) is 12.0 Å². The summed E-state index contributed by atoms with van der Waals surface area (Å²) in [5, 5.41) is 11.7. The lowest BCUT2D eigenvalue weighted by Crippen LogP contribution is -2.57. The van der Waals surface area contributed by atoms with Crippen molar-refractivity contribution in [2.24, 2.45) is 0 Å². The van der Waals surface area contributed by atoms with Crippen molar-refractivity contribution in [1.82, 2.24) is 4.90 Å². The highest BCUT2D eigenvalue weighted by molar-refractivity contribution is 7.99. The monoisotopic (exact) mass is 339 g/mol. The highest BCUT2D eigenvalue weighted by Gasteiger charge is 2.40. The number of halogens is 2. The molecule has 0 unspecified atom stereocenters. The minimum atomic E-state index is -0.718. The van der Waals surface area contributed by atoms with Gasteiger partial charge in [0.05, 0.1) is 24.8 Å². The van der Waals surface area contributed by atoms with Gasteiger partial charge in [-0.2, -0.15) is 17.0 Å². The van der Waals surface area contributed by atoms with Crippen molar-refractivity contribution >= 4 is 17.4 Å². The molecule has 0 spiro atoms. The first-order valence-electron chi connectivity index (χ1n) is 7.68. The molecule has 7 heteroatoms. The molecule has 0 bridgehead atoms. The number of benzene rings is 1. The molecule has 1 aromatic carbocycles. The van der Waals surface area contributed by atoms with Crippen molar-refractivity contribution in [3.63, 3.8) is 0 Å². The first kappa shape index (κ1) is 16.5. The topological polar surface area (TPSA) is 48.3 Å². The summed E-state index contributed by atoms with van der Waals surface area (Å²) in [5.41, 5.74) is -0.250. The van der Waals surface area contributed by atoms with Crippen molar-refractivity contribution < 1.29 is 13.5 Å². The number of nitriles is 1. The summed E-state index contributed by atoms with van der Waals surface area (Å²) in [4.78, 5) is 2.38. The van der Waals surface area contributed by atoms with Crippen molar-refractivity contribution in [2.75, 3.05) is 49.7 Å². The van der Waals surface area contributed by atoms with Crippen molar-refractivity contribution in [1.29, 1.82) is 5.26 Å². The third kappa shape index (κ3) is 3.44. The van der Waals surface area contributed by atoms with E-state index in [1.807, 2.05) is 11.8 Å². The molecule has 2 heterocycles. The molecule has 2 aliphatic heterocycles. The van der Waals surface area contributed by atoms with Gasteiger partial charge in [0.25, 0.3) is 0 Å². The van der Waals surface area contributed by atoms with Crippen LogP contribution in [0.25, 0.3) is 0 Å². The predicted octanol–water partition coefficient (Wildman–Crippen LogP) is 2.46. The van der Waals surface area contributed by atoms with E-state index in [0.717, 1.165) is 43.1 Å². The molecule has 1 aromatic rings. The Morgan fingerprint density at radius 1 is 1.30 bits per heavy atom. The van der Waals surface area contributed by atoms with E-state index in [0.29, 0.717) is 19.8 Å². The van der Waals surface area contributed by atoms with Crippen LogP contribution in [0.5, 0.6) is 0 Å². The summed E-state index contributed by atoms with van der Waals surface area (Å²) in [5.74, 6) is 0.560. The smallest absolute Gasteiger partial charge is 0.150 e. The number of hydrogen-bond donors (Lipinski definition) is 1. The molecule has 0 amide bonds. The van der Waals surface area contributed by atoms with Gasteiger partial charge in [0, 0.05) is 30.9 Å². The van der Waals surface area contributed by atoms with E-state index in [2.05, 4.69) is 10.2 Å². The molecule has 2 saturated heterocycles. The largest absolute Gasteiger partial charge is 0.379 e. The van der Waals surface area contributed by atoms with Gasteiger partial charge in [-0.25, -0.2) is 8.78 Å². The third-order valence-corrected chi connectivity index (χ3v) is 5.76. The van der Waals surface area contributed by atoms with Crippen LogP contribution in [0.4, 0.5) is 14.5 Å². The fourth-order valence-corrected chi connectivity index (χ4v) is 4.67. The highest BCUT2D eigenvalue weighted by atomic mass is 32.2. The Hall–Kier alpha value is -1.36. The molecule has 1 atom stereocenters. The Morgan fingerprint density at radius 2 is 2.00 bits per heavy atom. The maximum atomic E-state index is 14.0. The van der Waals surface area contributed by atoms with E-state index < -0.39 is 11.6 Å². The summed E-state index contributed by atoms with van der Waals surface area (Å²) in [6.45, 7) is 3.58. The van der Waals surface area contributed by atoms with Crippen molar-refractivity contribution in [2.45, 2.75) is 12.0 Å². The van der Waals surface area contributed by atoms with Crippen LogP contribution in [0.15, 0.2) is 12.1 Å². The van der Waals surface area contributed by atoms with Crippen LogP contribution in [0.2, 0.25) is 0 Å². The molecule has 1 N–H and O–H groups in total. The minimum Gasteiger partial charge on any atom is -0.379 e. The van der Waals surface area contributed by atoms with Crippen molar-refractivity contribution in [3.8, 4) is 6.07 Å². The standard InChI is InChI=1S/C16H19F2N3OS/c17-13-7-12(9-19)8-14(18)15(13)20-10-16(1-6-23-11-16)21-2-4-22-5-3-21/h7-8,20H,1-6,10-11H2/t16-/m1/s1. The number of rotatable bonds is 4. The summed E-state index contributed by atoms with van der Waals surface area (Å²) in [6.07, 6.45) is 0.990. The van der Waals surface area contributed by atoms with Gasteiger partial charge in [0.2, 0.25) is 0 Å². The Kier molecular flexibility index (Phi) is 5.05. The second-order valence-corrected chi connectivity index (χ2v) is 7.01. The lowest BCUT2D eigenvalue weighted by Gasteiger charge is -2.43. The molecule has 0 aromatic heterocycles. The zero-order chi connectivity index (χ0) is 16.3. The Morgan fingerprint density at radius 3 is 2.57 bits per heavy atom. The molecule has 0 aliphatic carbocycles. The average molecular weight is 339 g/mol. The first-order chi connectivity index (χ1) is 11.1. The molecule has 4 nitrogen and oxygen atoms in total. The Labute approximate surface area is 138 Å². The van der Waals surface area contributed by atoms with Gasteiger partial charge in [-0.05, 0) is 24.3 Å². The first-order valence-corrected chi connectivity index (χ1v) is 8.84. The zero-order valence-corrected chi connectivity index (χ0v) is 13.6. The number of morpholine rings is 1. The van der Waals surface area contributed by atoms with Gasteiger partial charge in [-0.3, -0.25) is 4.90 Å². The highest BCUT2D eigenvalue weighted by Crippen LogP contribution is 2.35. The van der Waals surface area contributed by atoms with Gasteiger partial charge in [0.1, 0.15) is 5.69 Å². The van der Waals surface area contributed by atoms with E-state index in [9.17, 15) is 8.78 Å². The van der Waals surface area contributed by atoms with Crippen LogP contribution < -0.4 is 5.32 Å². The van der Waals surface area contributed by atoms with Crippen LogP contribution in [0.3, 0.4) is 0 Å². The minimum absolute atomic E-state index is 0.00938. The molecular formula is C16H19F2N3OS. The molecule has 2 fully saturated rings. The molecule has 0 radical (unpaired) electrons. The van der Waals surface area contributed by atoms with Gasteiger partial charge < -0.3 is 10.1 Å². The summed E-state index contributed by atoms with van der Waals surface area (Å²) in [6, 6.07) is 3.89. The number of ether oxygens (including phenoxy) is 1. The third-order valence-electron chi connectivity index (χ3n) is 4.53. The zero-order valence-electron chi connectivity index (χ0n) is 12.8. The fraction of sp³-hybridized carbons (Fsp3) is 0.562. The average Bonchev–Trinajstić information content (AvgIpc) is 3.05. The van der Waals surface area contributed by atoms with E-state index in [4.69, 9.17) is 10.00 Å². The lowest BCUT2D eigenvalue weighted by molar-refractivity contribution is -0.00924. The summed E-state index contributed by atoms with van der Waals surface area (Å²) in [7, 11) is 0. The summed E-state index contributed by atoms with van der Waals surface area (Å²) >= 11 is 1.87. The molecular weight excluding hydrogens is 320 g/mol. The molecule has 124 valence electrons. The quantitative estimate of drug-likeness (QED) is 0.913. The predicted molar refractivity (Wildman–Crippen MR) is 86.6 cm³/mol. The lowest BCUT2D eigenvalue weighted by atomic mass is 9.95.